The number of rotatable bonds is 8. The third-order valence-electron chi connectivity index (χ3n) is 3.77. The molecule has 0 aromatic carbocycles. The second-order valence-corrected chi connectivity index (χ2v) is 5.42. The van der Waals surface area contributed by atoms with E-state index < -0.39 is 0 Å². The van der Waals surface area contributed by atoms with Gasteiger partial charge in [0.05, 0.1) is 6.33 Å². The van der Waals surface area contributed by atoms with E-state index in [0.29, 0.717) is 37.1 Å². The van der Waals surface area contributed by atoms with Gasteiger partial charge < -0.3 is 9.36 Å². The topological polar surface area (TPSA) is 78.9 Å². The standard InChI is InChI=1S/C15H22N4O3/c1-3-8-18-11-16-13-12(18)14(21)19(15(22)17(13)2)9-6-4-5-7-10-20/h10-11H,3-9H2,1-2H3. The molecule has 2 aromatic rings. The molecule has 0 N–H and O–H groups in total. The van der Waals surface area contributed by atoms with Gasteiger partial charge in [-0.05, 0) is 19.3 Å². The van der Waals surface area contributed by atoms with Crippen LogP contribution in [0.25, 0.3) is 11.2 Å². The van der Waals surface area contributed by atoms with E-state index in [4.69, 9.17) is 0 Å². The molecule has 0 fully saturated rings. The zero-order chi connectivity index (χ0) is 16.1. The molecular formula is C15H22N4O3. The summed E-state index contributed by atoms with van der Waals surface area (Å²) >= 11 is 0. The Morgan fingerprint density at radius 2 is 1.95 bits per heavy atom. The van der Waals surface area contributed by atoms with E-state index in [-0.39, 0.29) is 11.2 Å². The van der Waals surface area contributed by atoms with Crippen LogP contribution in [0.3, 0.4) is 0 Å². The van der Waals surface area contributed by atoms with Gasteiger partial charge in [-0.25, -0.2) is 9.78 Å². The molecular weight excluding hydrogens is 284 g/mol. The van der Waals surface area contributed by atoms with Crippen molar-refractivity contribution in [2.45, 2.75) is 52.1 Å². The first-order valence-electron chi connectivity index (χ1n) is 7.70. The maximum atomic E-state index is 12.6. The molecule has 0 radical (unpaired) electrons. The predicted molar refractivity (Wildman–Crippen MR) is 84.1 cm³/mol. The Hall–Kier alpha value is -2.18. The molecule has 0 aliphatic heterocycles. The number of hydrogen-bond acceptors (Lipinski definition) is 4. The van der Waals surface area contributed by atoms with Crippen LogP contribution in [0.15, 0.2) is 15.9 Å². The molecule has 0 saturated carbocycles. The van der Waals surface area contributed by atoms with Gasteiger partial charge in [-0.2, -0.15) is 0 Å². The predicted octanol–water partition coefficient (Wildman–Crippen LogP) is 1.07. The minimum atomic E-state index is -0.338. The minimum absolute atomic E-state index is 0.278. The zero-order valence-electron chi connectivity index (χ0n) is 13.1. The molecule has 120 valence electrons. The Kier molecular flexibility index (Phi) is 5.30. The fourth-order valence-corrected chi connectivity index (χ4v) is 2.60. The molecule has 0 amide bonds. The van der Waals surface area contributed by atoms with E-state index in [1.54, 1.807) is 17.9 Å². The van der Waals surface area contributed by atoms with Crippen molar-refractivity contribution in [1.29, 1.82) is 0 Å². The number of fused-ring (bicyclic) bond motifs is 1. The maximum absolute atomic E-state index is 12.6. The smallest absolute Gasteiger partial charge is 0.325 e. The number of nitrogens with zero attached hydrogens (tertiary/aromatic N) is 4. The van der Waals surface area contributed by atoms with E-state index >= 15 is 0 Å². The number of aryl methyl sites for hydroxylation is 2. The molecule has 0 saturated heterocycles. The summed E-state index contributed by atoms with van der Waals surface area (Å²) in [7, 11) is 1.64. The second-order valence-electron chi connectivity index (χ2n) is 5.42. The number of aldehydes is 1. The average Bonchev–Trinajstić information content (AvgIpc) is 2.92. The third-order valence-corrected chi connectivity index (χ3v) is 3.77. The van der Waals surface area contributed by atoms with Gasteiger partial charge in [-0.15, -0.1) is 0 Å². The molecule has 0 unspecified atom stereocenters. The Morgan fingerprint density at radius 3 is 2.64 bits per heavy atom. The monoisotopic (exact) mass is 306 g/mol. The Bertz CT molecular complexity index is 769. The molecule has 7 nitrogen and oxygen atoms in total. The lowest BCUT2D eigenvalue weighted by molar-refractivity contribution is -0.107. The average molecular weight is 306 g/mol. The van der Waals surface area contributed by atoms with Crippen LogP contribution in [-0.4, -0.2) is 25.0 Å². The summed E-state index contributed by atoms with van der Waals surface area (Å²) in [5.41, 5.74) is 0.298. The number of hydrogen-bond donors (Lipinski definition) is 0. The normalized spacial score (nSPS) is 11.2. The van der Waals surface area contributed by atoms with Gasteiger partial charge >= 0.3 is 5.69 Å². The van der Waals surface area contributed by atoms with Gasteiger partial charge in [0.1, 0.15) is 6.29 Å². The fourth-order valence-electron chi connectivity index (χ4n) is 2.60. The summed E-state index contributed by atoms with van der Waals surface area (Å²) in [5.74, 6) is 0. The van der Waals surface area contributed by atoms with E-state index in [1.165, 1.54) is 9.13 Å². The minimum Gasteiger partial charge on any atom is -0.325 e. The summed E-state index contributed by atoms with van der Waals surface area (Å²) in [4.78, 5) is 39.4. The summed E-state index contributed by atoms with van der Waals surface area (Å²) in [6.45, 7) is 3.10. The fraction of sp³-hybridized carbons (Fsp3) is 0.600. The van der Waals surface area contributed by atoms with Crippen molar-refractivity contribution in [2.24, 2.45) is 7.05 Å². The molecule has 2 rings (SSSR count). The Morgan fingerprint density at radius 1 is 1.18 bits per heavy atom. The Labute approximate surface area is 128 Å². The van der Waals surface area contributed by atoms with E-state index in [9.17, 15) is 14.4 Å². The number of carbonyl (C=O) groups is 1. The molecule has 2 aromatic heterocycles. The largest absolute Gasteiger partial charge is 0.332 e. The van der Waals surface area contributed by atoms with E-state index in [2.05, 4.69) is 4.98 Å². The third kappa shape index (κ3) is 3.03. The van der Waals surface area contributed by atoms with E-state index in [1.807, 2.05) is 6.92 Å². The zero-order valence-corrected chi connectivity index (χ0v) is 13.1. The SMILES string of the molecule is CCCn1cnc2c1c(=O)n(CCCCCC=O)c(=O)n2C. The van der Waals surface area contributed by atoms with Gasteiger partial charge in [-0.1, -0.05) is 13.3 Å². The van der Waals surface area contributed by atoms with Crippen LogP contribution in [0.2, 0.25) is 0 Å². The van der Waals surface area contributed by atoms with Gasteiger partial charge in [0.25, 0.3) is 5.56 Å². The van der Waals surface area contributed by atoms with Crippen molar-refractivity contribution in [3.8, 4) is 0 Å². The highest BCUT2D eigenvalue weighted by molar-refractivity contribution is 5.69. The van der Waals surface area contributed by atoms with Crippen molar-refractivity contribution >= 4 is 17.5 Å². The van der Waals surface area contributed by atoms with Crippen LogP contribution in [0.4, 0.5) is 0 Å². The number of carbonyl (C=O) groups excluding carboxylic acids is 1. The van der Waals surface area contributed by atoms with Gasteiger partial charge in [0.2, 0.25) is 0 Å². The van der Waals surface area contributed by atoms with Gasteiger partial charge in [-0.3, -0.25) is 13.9 Å². The van der Waals surface area contributed by atoms with Crippen LogP contribution >= 0.6 is 0 Å². The first-order valence-corrected chi connectivity index (χ1v) is 7.70. The lowest BCUT2D eigenvalue weighted by Crippen LogP contribution is -2.39. The van der Waals surface area contributed by atoms with Gasteiger partial charge in [0, 0.05) is 26.6 Å². The summed E-state index contributed by atoms with van der Waals surface area (Å²) in [5, 5.41) is 0. The highest BCUT2D eigenvalue weighted by Crippen LogP contribution is 2.07. The van der Waals surface area contributed by atoms with Crippen molar-refractivity contribution in [2.75, 3.05) is 0 Å². The van der Waals surface area contributed by atoms with Crippen LogP contribution in [0.5, 0.6) is 0 Å². The maximum Gasteiger partial charge on any atom is 0.332 e. The molecule has 0 aliphatic carbocycles. The summed E-state index contributed by atoms with van der Waals surface area (Å²) in [6, 6.07) is 0. The molecule has 0 atom stereocenters. The van der Waals surface area contributed by atoms with Crippen LogP contribution in [0.1, 0.15) is 39.0 Å². The van der Waals surface area contributed by atoms with Crippen molar-refractivity contribution in [3.63, 3.8) is 0 Å². The number of aromatic nitrogens is 4. The first kappa shape index (κ1) is 16.2. The lowest BCUT2D eigenvalue weighted by Gasteiger charge is -2.09. The van der Waals surface area contributed by atoms with Gasteiger partial charge in [0.15, 0.2) is 11.2 Å². The van der Waals surface area contributed by atoms with E-state index in [0.717, 1.165) is 25.5 Å². The molecule has 22 heavy (non-hydrogen) atoms. The van der Waals surface area contributed by atoms with Crippen molar-refractivity contribution in [3.05, 3.63) is 27.2 Å². The first-order chi connectivity index (χ1) is 10.6. The summed E-state index contributed by atoms with van der Waals surface area (Å²) in [6.07, 6.45) is 6.23. The van der Waals surface area contributed by atoms with Crippen molar-refractivity contribution in [1.82, 2.24) is 18.7 Å². The van der Waals surface area contributed by atoms with Crippen LogP contribution in [0, 0.1) is 0 Å². The van der Waals surface area contributed by atoms with Crippen LogP contribution in [-0.2, 0) is 24.9 Å². The lowest BCUT2D eigenvalue weighted by atomic mass is 10.2. The quantitative estimate of drug-likeness (QED) is 0.540. The Balaban J connectivity index is 2.37. The molecule has 0 bridgehead atoms. The molecule has 0 spiro atoms. The molecule has 2 heterocycles. The highest BCUT2D eigenvalue weighted by Gasteiger charge is 2.15. The van der Waals surface area contributed by atoms with Crippen LogP contribution < -0.4 is 11.2 Å². The van der Waals surface area contributed by atoms with Crippen molar-refractivity contribution < 1.29 is 4.79 Å². The molecule has 0 aliphatic rings. The summed E-state index contributed by atoms with van der Waals surface area (Å²) < 4.78 is 4.51. The molecule has 7 heteroatoms. The number of unbranched alkanes of at least 4 members (excludes halogenated alkanes) is 3. The second kappa shape index (κ2) is 7.20. The highest BCUT2D eigenvalue weighted by atomic mass is 16.2. The number of imidazole rings is 1.